The number of pyridine rings is 3. The third kappa shape index (κ3) is 13.8. The SMILES string of the molecule is CCNc1cc(-c2ccc([C@H](C)OCCNc3cc(-c4ccc([C@@H](C)OC5CC5(C#N)c5cc(-c6cc(C#N)ccc6-c6nncn6C)cc(N6Cc7c(cccc7C(F)(F)F)C6=O)n5)cc4-c4nncn4C)cc(N4Cc5c(cccc5C(F)(F)F)C4=O)n3)cc2-c2nncn2C)cc(N2Cc3c(cccc3C(F)(F)F)C2=O)n1. The highest BCUT2D eigenvalue weighted by Gasteiger charge is 2.60. The maximum atomic E-state index is 14.7. The van der Waals surface area contributed by atoms with Gasteiger partial charge in [0, 0.05) is 74.0 Å². The molecule has 0 radical (unpaired) electrons. The maximum Gasteiger partial charge on any atom is 0.416 e. The van der Waals surface area contributed by atoms with Crippen LogP contribution in [-0.4, -0.2) is 103 Å². The van der Waals surface area contributed by atoms with E-state index in [1.165, 1.54) is 65.2 Å². The van der Waals surface area contributed by atoms with Crippen LogP contribution < -0.4 is 25.3 Å². The lowest BCUT2D eigenvalue weighted by atomic mass is 9.93. The van der Waals surface area contributed by atoms with Gasteiger partial charge in [0.1, 0.15) is 53.5 Å². The quantitative estimate of drug-likeness (QED) is 0.0499. The van der Waals surface area contributed by atoms with Gasteiger partial charge in [-0.25, -0.2) is 15.0 Å². The van der Waals surface area contributed by atoms with Crippen LogP contribution in [0.3, 0.4) is 0 Å². The Morgan fingerprint density at radius 1 is 0.496 bits per heavy atom. The number of hydrogen-bond acceptors (Lipinski definition) is 18. The number of halogens is 9. The molecule has 16 rings (SSSR count). The van der Waals surface area contributed by atoms with Crippen LogP contribution in [-0.2, 0) is 74.2 Å². The van der Waals surface area contributed by atoms with Crippen molar-refractivity contribution in [3.05, 3.63) is 237 Å². The summed E-state index contributed by atoms with van der Waals surface area (Å²) in [6, 6.07) is 40.4. The Labute approximate surface area is 649 Å². The highest BCUT2D eigenvalue weighted by molar-refractivity contribution is 6.12. The number of nitriles is 2. The summed E-state index contributed by atoms with van der Waals surface area (Å²) in [5.41, 5.74) is 0.567. The summed E-state index contributed by atoms with van der Waals surface area (Å²) < 4.78 is 149. The topological polar surface area (TPSA) is 282 Å². The predicted molar refractivity (Wildman–Crippen MR) is 402 cm³/mol. The molecule has 3 amide bonds. The molecular formula is C82H64F9N19O5. The van der Waals surface area contributed by atoms with Crippen LogP contribution in [0.15, 0.2) is 165 Å². The first-order chi connectivity index (χ1) is 55.0. The first kappa shape index (κ1) is 75.5. The van der Waals surface area contributed by atoms with Gasteiger partial charge in [-0.15, -0.1) is 30.6 Å². The van der Waals surface area contributed by atoms with E-state index >= 15 is 0 Å². The highest BCUT2D eigenvalue weighted by atomic mass is 19.4. The van der Waals surface area contributed by atoms with Crippen LogP contribution in [0, 0.1) is 22.7 Å². The summed E-state index contributed by atoms with van der Waals surface area (Å²) in [6.45, 7) is 4.63. The molecule has 0 spiro atoms. The van der Waals surface area contributed by atoms with Crippen molar-refractivity contribution in [3.8, 4) is 79.7 Å². The lowest BCUT2D eigenvalue weighted by Crippen LogP contribution is -2.26. The van der Waals surface area contributed by atoms with Crippen molar-refractivity contribution in [2.45, 2.75) is 89.1 Å². The molecule has 0 saturated heterocycles. The Morgan fingerprint density at radius 2 is 0.922 bits per heavy atom. The van der Waals surface area contributed by atoms with E-state index < -0.39 is 89.8 Å². The Hall–Kier alpha value is -13.5. The van der Waals surface area contributed by atoms with E-state index in [2.05, 4.69) is 58.3 Å². The minimum Gasteiger partial charge on any atom is -0.372 e. The van der Waals surface area contributed by atoms with Gasteiger partial charge in [-0.05, 0) is 185 Å². The van der Waals surface area contributed by atoms with Crippen molar-refractivity contribution >= 4 is 46.8 Å². The molecule has 1 fully saturated rings. The molecule has 4 atom stereocenters. The smallest absolute Gasteiger partial charge is 0.372 e. The van der Waals surface area contributed by atoms with Crippen LogP contribution in [0.2, 0.25) is 0 Å². The number of aryl methyl sites for hydroxylation is 3. The molecule has 1 aliphatic carbocycles. The summed E-state index contributed by atoms with van der Waals surface area (Å²) in [5.74, 6) is -0.372. The molecule has 0 bridgehead atoms. The predicted octanol–water partition coefficient (Wildman–Crippen LogP) is 15.6. The second-order valence-electron chi connectivity index (χ2n) is 28.3. The number of aromatic nitrogens is 12. The number of benzene rings is 6. The Kier molecular flexibility index (Phi) is 19.0. The van der Waals surface area contributed by atoms with Gasteiger partial charge in [0.15, 0.2) is 17.5 Å². The third-order valence-electron chi connectivity index (χ3n) is 21.1. The number of carbonyl (C=O) groups excluding carboxylic acids is 3. The van der Waals surface area contributed by atoms with E-state index in [-0.39, 0.29) is 94.0 Å². The molecule has 12 aromatic rings. The minimum atomic E-state index is -4.80. The van der Waals surface area contributed by atoms with Crippen molar-refractivity contribution < 1.29 is 63.4 Å². The fourth-order valence-electron chi connectivity index (χ4n) is 15.2. The number of amides is 3. The number of nitrogens with zero attached hydrogens (tertiary/aromatic N) is 17. The molecule has 2 N–H and O–H groups in total. The first-order valence-corrected chi connectivity index (χ1v) is 36.1. The van der Waals surface area contributed by atoms with Crippen LogP contribution in [0.5, 0.6) is 0 Å². The zero-order chi connectivity index (χ0) is 80.9. The van der Waals surface area contributed by atoms with Crippen molar-refractivity contribution in [2.75, 3.05) is 45.0 Å². The summed E-state index contributed by atoms with van der Waals surface area (Å²) >= 11 is 0. The number of hydrogen-bond donors (Lipinski definition) is 2. The number of fused-ring (bicyclic) bond motifs is 3. The number of rotatable bonds is 21. The Balaban J connectivity index is 0.702. The second kappa shape index (κ2) is 28.9. The van der Waals surface area contributed by atoms with E-state index in [9.17, 15) is 64.4 Å². The zero-order valence-electron chi connectivity index (χ0n) is 61.8. The van der Waals surface area contributed by atoms with Crippen molar-refractivity contribution in [2.24, 2.45) is 21.1 Å². The Morgan fingerprint density at radius 3 is 1.35 bits per heavy atom. The standard InChI is InChI=1S/C82H64F9N19O5/c1-7-94-68-29-49(32-71(100-68)109-37-61-55(77(109)112)12-9-15-64(61)81(86,87)88)51-21-18-46(26-58(51)74-103-97-41-106(74)5)43(2)114-24-23-95-69-30-50(33-72(101-69)110-38-62-56(78(110)113)13-10-16-65(62)82(89,90)91)52-22-19-47(27-59(52)75-104-98-42-107(75)6)44(3)115-67-34-79(67,39-93)66-28-48(57-25-45(35-92)17-20-53(57)73-102-96-40-105(73)4)31-70(99-66)108-36-60-54(76(108)111)11-8-14-63(60)80(83,84)85/h8-22,25-33,40-44,67H,7,23-24,34,36-38H2,1-6H3,(H,94,100)(H,95,101)/t43-,44+,67?,79?/m0/s1. The van der Waals surface area contributed by atoms with Gasteiger partial charge in [-0.1, -0.05) is 42.5 Å². The normalized spacial score (nSPS) is 16.4. The average Bonchev–Trinajstić information content (AvgIpc) is 1.56. The lowest BCUT2D eigenvalue weighted by molar-refractivity contribution is -0.139. The monoisotopic (exact) mass is 1570 g/mol. The van der Waals surface area contributed by atoms with E-state index in [0.717, 1.165) is 29.2 Å². The molecule has 9 heterocycles. The van der Waals surface area contributed by atoms with E-state index in [1.807, 2.05) is 32.0 Å². The molecule has 2 unspecified atom stereocenters. The highest BCUT2D eigenvalue weighted by Crippen LogP contribution is 2.54. The van der Waals surface area contributed by atoms with Gasteiger partial charge in [-0.2, -0.15) is 50.0 Å². The average molecular weight is 1570 g/mol. The summed E-state index contributed by atoms with van der Waals surface area (Å²) in [7, 11) is 5.19. The van der Waals surface area contributed by atoms with E-state index in [0.29, 0.717) is 91.0 Å². The lowest BCUT2D eigenvalue weighted by Gasteiger charge is -2.22. The van der Waals surface area contributed by atoms with Gasteiger partial charge in [0.25, 0.3) is 17.7 Å². The van der Waals surface area contributed by atoms with Crippen molar-refractivity contribution in [1.29, 1.82) is 10.5 Å². The molecule has 115 heavy (non-hydrogen) atoms. The number of carbonyl (C=O) groups is 3. The van der Waals surface area contributed by atoms with Gasteiger partial charge in [-0.3, -0.25) is 29.1 Å². The van der Waals surface area contributed by atoms with Crippen LogP contribution in [0.4, 0.5) is 68.6 Å². The first-order valence-electron chi connectivity index (χ1n) is 36.1. The summed E-state index contributed by atoms with van der Waals surface area (Å²) in [6.07, 6.45) is -12.1. The van der Waals surface area contributed by atoms with Gasteiger partial charge < -0.3 is 33.8 Å². The number of ether oxygens (including phenoxy) is 2. The van der Waals surface area contributed by atoms with Gasteiger partial charge in [0.2, 0.25) is 0 Å². The zero-order valence-corrected chi connectivity index (χ0v) is 61.8. The summed E-state index contributed by atoms with van der Waals surface area (Å²) in [5, 5.41) is 53.7. The number of nitrogens with one attached hydrogen (secondary N) is 2. The van der Waals surface area contributed by atoms with Crippen molar-refractivity contribution in [3.63, 3.8) is 0 Å². The molecule has 24 nitrogen and oxygen atoms in total. The molecule has 4 aliphatic rings. The maximum absolute atomic E-state index is 14.7. The second-order valence-corrected chi connectivity index (χ2v) is 28.3. The molecule has 1 saturated carbocycles. The van der Waals surface area contributed by atoms with Crippen LogP contribution in [0.25, 0.3) is 67.5 Å². The van der Waals surface area contributed by atoms with E-state index in [4.69, 9.17) is 19.4 Å². The molecule has 6 aromatic carbocycles. The molecule has 3 aliphatic heterocycles. The third-order valence-corrected chi connectivity index (χ3v) is 21.1. The number of alkyl halides is 9. The fraction of sp³-hybridized carbons (Fsp3) is 0.244. The summed E-state index contributed by atoms with van der Waals surface area (Å²) in [4.78, 5) is 60.6. The number of anilines is 5. The fourth-order valence-corrected chi connectivity index (χ4v) is 15.2. The largest absolute Gasteiger partial charge is 0.416 e. The minimum absolute atomic E-state index is 0.00827. The van der Waals surface area contributed by atoms with Gasteiger partial charge in [0.05, 0.1) is 84.6 Å². The molecule has 6 aromatic heterocycles. The molecule has 33 heteroatoms. The van der Waals surface area contributed by atoms with Gasteiger partial charge >= 0.3 is 18.5 Å². The van der Waals surface area contributed by atoms with Crippen molar-refractivity contribution in [1.82, 2.24) is 59.2 Å². The van der Waals surface area contributed by atoms with Crippen LogP contribution in [0.1, 0.15) is 126 Å². The molecular weight excluding hydrogens is 1500 g/mol. The molecule has 580 valence electrons. The van der Waals surface area contributed by atoms with E-state index in [1.54, 1.807) is 108 Å². The Bertz CT molecular complexity index is 6060. The van der Waals surface area contributed by atoms with Crippen LogP contribution >= 0.6 is 0 Å².